The molecule has 0 aromatic rings. The minimum Gasteiger partial charge on any atom is -0.481 e. The summed E-state index contributed by atoms with van der Waals surface area (Å²) in [6, 6.07) is 0. The molecule has 35 heavy (non-hydrogen) atoms. The maximum absolute atomic E-state index is 14.1. The quantitative estimate of drug-likeness (QED) is 0.416. The van der Waals surface area contributed by atoms with Crippen molar-refractivity contribution in [3.63, 3.8) is 0 Å². The summed E-state index contributed by atoms with van der Waals surface area (Å²) in [7, 11) is 0. The molecule has 5 aliphatic rings. The van der Waals surface area contributed by atoms with E-state index in [9.17, 15) is 19.8 Å². The van der Waals surface area contributed by atoms with Gasteiger partial charge in [0, 0.05) is 5.92 Å². The van der Waals surface area contributed by atoms with Crippen LogP contribution in [-0.4, -0.2) is 28.1 Å². The molecule has 198 valence electrons. The Morgan fingerprint density at radius 3 is 2.11 bits per heavy atom. The van der Waals surface area contributed by atoms with Crippen LogP contribution in [0.25, 0.3) is 0 Å². The molecule has 0 amide bonds. The van der Waals surface area contributed by atoms with Gasteiger partial charge in [0.15, 0.2) is 5.78 Å². The highest BCUT2D eigenvalue weighted by Gasteiger charge is 2.67. The van der Waals surface area contributed by atoms with E-state index in [4.69, 9.17) is 0 Å². The number of allylic oxidation sites excluding steroid dienone is 2. The van der Waals surface area contributed by atoms with Crippen LogP contribution in [0.3, 0.4) is 0 Å². The Balaban J connectivity index is 0.00000141. The zero-order valence-electron chi connectivity index (χ0n) is 23.5. The maximum atomic E-state index is 14.1. The number of carbonyl (C=O) groups is 2. The standard InChI is InChI=1S/C29H44O4.C2H6/c1-25(2)21-8-11-28(5)18-7-10-26(3)13-14-27(4,24(32)33)16-19(26)17(18)15-20(30)23(28)29(21,6)12-9-22(25)31;1-2/h15,18-19,21-23,31H,7-14,16H2,1-6H3,(H,32,33);1-2H3/t18?,19?,21?,22?,23?,26?,27-,28?,29?;/m0./s1. The molecule has 2 N–H and O–H groups in total. The van der Waals surface area contributed by atoms with Crippen molar-refractivity contribution < 1.29 is 19.8 Å². The van der Waals surface area contributed by atoms with E-state index in [0.717, 1.165) is 51.4 Å². The van der Waals surface area contributed by atoms with E-state index >= 15 is 0 Å². The van der Waals surface area contributed by atoms with Gasteiger partial charge in [-0.05, 0) is 110 Å². The highest BCUT2D eigenvalue weighted by atomic mass is 16.4. The fourth-order valence-electron chi connectivity index (χ4n) is 10.1. The van der Waals surface area contributed by atoms with Gasteiger partial charge >= 0.3 is 5.97 Å². The number of carboxylic acids is 1. The van der Waals surface area contributed by atoms with Crippen molar-refractivity contribution in [1.29, 1.82) is 0 Å². The molecular formula is C31H50O4. The fraction of sp³-hybridized carbons (Fsp3) is 0.871. The number of aliphatic hydroxyl groups excluding tert-OH is 1. The molecule has 0 aromatic heterocycles. The van der Waals surface area contributed by atoms with Gasteiger partial charge in [0.05, 0.1) is 11.5 Å². The SMILES string of the molecule is CC.CC12CCC3C(=CC(=O)C4C3(C)CCC3C(C)(C)C(O)CCC34C)C1C[C@@](C)(C(=O)O)CC2. The number of hydrogen-bond donors (Lipinski definition) is 2. The number of carbonyl (C=O) groups excluding carboxylic acids is 1. The van der Waals surface area contributed by atoms with Crippen LogP contribution in [0.1, 0.15) is 113 Å². The Bertz CT molecular complexity index is 919. The van der Waals surface area contributed by atoms with Crippen molar-refractivity contribution in [3.8, 4) is 0 Å². The summed E-state index contributed by atoms with van der Waals surface area (Å²) in [5.41, 5.74) is 0.383. The normalized spacial score (nSPS) is 50.3. The first kappa shape index (κ1) is 26.9. The number of ketones is 1. The van der Waals surface area contributed by atoms with Crippen molar-refractivity contribution in [2.75, 3.05) is 0 Å². The number of hydrogen-bond acceptors (Lipinski definition) is 3. The zero-order valence-corrected chi connectivity index (χ0v) is 23.5. The predicted octanol–water partition coefficient (Wildman–Crippen LogP) is 7.05. The van der Waals surface area contributed by atoms with Gasteiger partial charge in [0.25, 0.3) is 0 Å². The van der Waals surface area contributed by atoms with Crippen LogP contribution in [0, 0.1) is 50.7 Å². The summed E-state index contributed by atoms with van der Waals surface area (Å²) >= 11 is 0. The summed E-state index contributed by atoms with van der Waals surface area (Å²) in [5.74, 6) is 0.530. The maximum Gasteiger partial charge on any atom is 0.309 e. The molecule has 8 unspecified atom stereocenters. The Morgan fingerprint density at radius 2 is 1.49 bits per heavy atom. The smallest absolute Gasteiger partial charge is 0.309 e. The lowest BCUT2D eigenvalue weighted by molar-refractivity contribution is -0.188. The first-order valence-electron chi connectivity index (χ1n) is 14.4. The first-order valence-corrected chi connectivity index (χ1v) is 14.4. The highest BCUT2D eigenvalue weighted by molar-refractivity contribution is 5.95. The molecule has 0 saturated heterocycles. The summed E-state index contributed by atoms with van der Waals surface area (Å²) in [6.45, 7) is 17.4. The Hall–Kier alpha value is -1.16. The fourth-order valence-corrected chi connectivity index (χ4v) is 10.1. The Labute approximate surface area is 213 Å². The minimum absolute atomic E-state index is 0.00285. The van der Waals surface area contributed by atoms with Gasteiger partial charge in [-0.2, -0.15) is 0 Å². The van der Waals surface area contributed by atoms with Gasteiger partial charge in [0.1, 0.15) is 0 Å². The topological polar surface area (TPSA) is 74.6 Å². The summed E-state index contributed by atoms with van der Waals surface area (Å²) in [5, 5.41) is 20.8. The van der Waals surface area contributed by atoms with Gasteiger partial charge in [-0.25, -0.2) is 0 Å². The molecule has 0 radical (unpaired) electrons. The Kier molecular flexibility index (Phi) is 6.48. The first-order chi connectivity index (χ1) is 16.2. The molecule has 0 heterocycles. The van der Waals surface area contributed by atoms with Crippen molar-refractivity contribution in [2.24, 2.45) is 50.7 Å². The molecule has 9 atom stereocenters. The number of aliphatic hydroxyl groups is 1. The van der Waals surface area contributed by atoms with Crippen molar-refractivity contribution >= 4 is 11.8 Å². The van der Waals surface area contributed by atoms with Crippen LogP contribution >= 0.6 is 0 Å². The van der Waals surface area contributed by atoms with E-state index in [1.807, 2.05) is 26.8 Å². The van der Waals surface area contributed by atoms with Gasteiger partial charge < -0.3 is 10.2 Å². The third kappa shape index (κ3) is 3.62. The van der Waals surface area contributed by atoms with Crippen LogP contribution < -0.4 is 0 Å². The van der Waals surface area contributed by atoms with Crippen molar-refractivity contribution in [2.45, 2.75) is 119 Å². The van der Waals surface area contributed by atoms with E-state index < -0.39 is 11.4 Å². The summed E-state index contributed by atoms with van der Waals surface area (Å²) in [6.07, 6.45) is 10.1. The molecule has 0 aliphatic heterocycles. The summed E-state index contributed by atoms with van der Waals surface area (Å²) in [4.78, 5) is 26.2. The summed E-state index contributed by atoms with van der Waals surface area (Å²) < 4.78 is 0. The van der Waals surface area contributed by atoms with E-state index in [-0.39, 0.29) is 45.4 Å². The van der Waals surface area contributed by atoms with Gasteiger partial charge in [-0.1, -0.05) is 54.0 Å². The van der Waals surface area contributed by atoms with Gasteiger partial charge in [-0.3, -0.25) is 9.59 Å². The van der Waals surface area contributed by atoms with E-state index in [1.54, 1.807) is 0 Å². The zero-order chi connectivity index (χ0) is 26.2. The third-order valence-corrected chi connectivity index (χ3v) is 12.3. The minimum atomic E-state index is -0.694. The average molecular weight is 487 g/mol. The lowest BCUT2D eigenvalue weighted by Gasteiger charge is -2.67. The molecule has 0 aromatic carbocycles. The molecule has 0 bridgehead atoms. The molecule has 5 aliphatic carbocycles. The molecule has 4 nitrogen and oxygen atoms in total. The van der Waals surface area contributed by atoms with Crippen LogP contribution in [0.5, 0.6) is 0 Å². The number of rotatable bonds is 1. The number of carboxylic acid groups (broad SMARTS) is 1. The van der Waals surface area contributed by atoms with Gasteiger partial charge in [0.2, 0.25) is 0 Å². The Morgan fingerprint density at radius 1 is 0.857 bits per heavy atom. The third-order valence-electron chi connectivity index (χ3n) is 12.3. The monoisotopic (exact) mass is 486 g/mol. The second-order valence-electron chi connectivity index (χ2n) is 14.3. The van der Waals surface area contributed by atoms with Crippen molar-refractivity contribution in [1.82, 2.24) is 0 Å². The van der Waals surface area contributed by atoms with Crippen LogP contribution in [0.4, 0.5) is 0 Å². The van der Waals surface area contributed by atoms with E-state index in [0.29, 0.717) is 18.3 Å². The molecule has 4 saturated carbocycles. The largest absolute Gasteiger partial charge is 0.481 e. The predicted molar refractivity (Wildman–Crippen MR) is 140 cm³/mol. The van der Waals surface area contributed by atoms with E-state index in [2.05, 4.69) is 34.6 Å². The van der Waals surface area contributed by atoms with Crippen molar-refractivity contribution in [3.05, 3.63) is 11.6 Å². The lowest BCUT2D eigenvalue weighted by Crippen LogP contribution is -2.64. The molecule has 0 spiro atoms. The second-order valence-corrected chi connectivity index (χ2v) is 14.3. The molecule has 4 fully saturated rings. The van der Waals surface area contributed by atoms with Crippen LogP contribution in [0.2, 0.25) is 0 Å². The van der Waals surface area contributed by atoms with Crippen LogP contribution in [-0.2, 0) is 9.59 Å². The van der Waals surface area contributed by atoms with E-state index in [1.165, 1.54) is 5.57 Å². The second kappa shape index (κ2) is 8.43. The molecule has 5 rings (SSSR count). The van der Waals surface area contributed by atoms with Crippen LogP contribution in [0.15, 0.2) is 11.6 Å². The molecule has 4 heteroatoms. The molecular weight excluding hydrogens is 436 g/mol. The lowest BCUT2D eigenvalue weighted by atomic mass is 9.37. The number of aliphatic carboxylic acids is 1. The highest BCUT2D eigenvalue weighted by Crippen LogP contribution is 2.71. The number of fused-ring (bicyclic) bond motifs is 7. The van der Waals surface area contributed by atoms with Gasteiger partial charge in [-0.15, -0.1) is 0 Å². The average Bonchev–Trinajstić information content (AvgIpc) is 2.78.